The molecule has 0 radical (unpaired) electrons. The molecule has 1 aliphatic carbocycles. The normalized spacial score (nSPS) is 30.2. The minimum atomic E-state index is 0.871. The van der Waals surface area contributed by atoms with Crippen LogP contribution in [0.5, 0.6) is 0 Å². The summed E-state index contributed by atoms with van der Waals surface area (Å²) in [6, 6.07) is 1.79. The van der Waals surface area contributed by atoms with Crippen LogP contribution in [0.1, 0.15) is 130 Å². The molecule has 5 atom stereocenters. The van der Waals surface area contributed by atoms with E-state index in [2.05, 4.69) is 32.6 Å². The van der Waals surface area contributed by atoms with Crippen molar-refractivity contribution in [3.8, 4) is 0 Å². The van der Waals surface area contributed by atoms with Gasteiger partial charge in [0.25, 0.3) is 0 Å². The van der Waals surface area contributed by atoms with Crippen molar-refractivity contribution in [1.82, 2.24) is 4.90 Å². The SMILES string of the molecule is CCCCCCCCCCN1C(C(C)CCCC)CC(C)C2CCCCC21. The van der Waals surface area contributed by atoms with Gasteiger partial charge in [-0.25, -0.2) is 0 Å². The van der Waals surface area contributed by atoms with E-state index in [-0.39, 0.29) is 0 Å². The Morgan fingerprint density at radius 1 is 0.815 bits per heavy atom. The fourth-order valence-electron chi connectivity index (χ4n) is 6.19. The minimum Gasteiger partial charge on any atom is -0.297 e. The zero-order valence-corrected chi connectivity index (χ0v) is 19.4. The molecule has 0 spiro atoms. The van der Waals surface area contributed by atoms with E-state index in [1.165, 1.54) is 109 Å². The van der Waals surface area contributed by atoms with E-state index in [4.69, 9.17) is 0 Å². The first-order valence-corrected chi connectivity index (χ1v) is 12.9. The first kappa shape index (κ1) is 23.2. The van der Waals surface area contributed by atoms with Crippen LogP contribution < -0.4 is 0 Å². The van der Waals surface area contributed by atoms with E-state index in [0.717, 1.165) is 29.8 Å². The Kier molecular flexibility index (Phi) is 11.4. The summed E-state index contributed by atoms with van der Waals surface area (Å²) in [5, 5.41) is 0. The zero-order chi connectivity index (χ0) is 19.5. The highest BCUT2D eigenvalue weighted by Crippen LogP contribution is 2.43. The van der Waals surface area contributed by atoms with Crippen LogP contribution in [0.15, 0.2) is 0 Å². The molecule has 2 aliphatic rings. The van der Waals surface area contributed by atoms with Crippen molar-refractivity contribution < 1.29 is 0 Å². The average molecular weight is 378 g/mol. The van der Waals surface area contributed by atoms with Crippen LogP contribution >= 0.6 is 0 Å². The Labute approximate surface area is 172 Å². The number of nitrogens with zero attached hydrogens (tertiary/aromatic N) is 1. The Bertz CT molecular complexity index is 365. The molecule has 0 aromatic heterocycles. The van der Waals surface area contributed by atoms with Gasteiger partial charge in [0.1, 0.15) is 0 Å². The van der Waals surface area contributed by atoms with Crippen LogP contribution in [0.4, 0.5) is 0 Å². The van der Waals surface area contributed by atoms with E-state index in [0.29, 0.717) is 0 Å². The van der Waals surface area contributed by atoms with Gasteiger partial charge >= 0.3 is 0 Å². The Balaban J connectivity index is 1.84. The molecule has 0 N–H and O–H groups in total. The quantitative estimate of drug-likeness (QED) is 0.292. The summed E-state index contributed by atoms with van der Waals surface area (Å²) < 4.78 is 0. The third-order valence-electron chi connectivity index (χ3n) is 7.92. The molecule has 5 unspecified atom stereocenters. The number of fused-ring (bicyclic) bond motifs is 1. The predicted molar refractivity (Wildman–Crippen MR) is 121 cm³/mol. The van der Waals surface area contributed by atoms with Gasteiger partial charge in [-0.05, 0) is 56.4 Å². The molecular formula is C26H51N. The summed E-state index contributed by atoms with van der Waals surface area (Å²) in [4.78, 5) is 3.06. The molecule has 1 nitrogen and oxygen atoms in total. The van der Waals surface area contributed by atoms with Gasteiger partial charge in [-0.15, -0.1) is 0 Å². The van der Waals surface area contributed by atoms with E-state index in [1.807, 2.05) is 0 Å². The maximum absolute atomic E-state index is 3.06. The van der Waals surface area contributed by atoms with Crippen LogP contribution in [0.25, 0.3) is 0 Å². The fourth-order valence-corrected chi connectivity index (χ4v) is 6.19. The molecule has 0 aromatic rings. The number of unbranched alkanes of at least 4 members (excludes halogenated alkanes) is 8. The summed E-state index contributed by atoms with van der Waals surface area (Å²) in [5.74, 6) is 2.85. The summed E-state index contributed by atoms with van der Waals surface area (Å²) in [6.07, 6.45) is 23.3. The molecule has 1 heteroatoms. The lowest BCUT2D eigenvalue weighted by Crippen LogP contribution is -2.57. The summed E-state index contributed by atoms with van der Waals surface area (Å²) in [7, 11) is 0. The van der Waals surface area contributed by atoms with Crippen molar-refractivity contribution >= 4 is 0 Å². The molecule has 1 heterocycles. The molecule has 1 saturated heterocycles. The molecule has 0 aromatic carbocycles. The van der Waals surface area contributed by atoms with Gasteiger partial charge in [-0.3, -0.25) is 4.90 Å². The number of hydrogen-bond acceptors (Lipinski definition) is 1. The van der Waals surface area contributed by atoms with Gasteiger partial charge in [-0.1, -0.05) is 98.3 Å². The van der Waals surface area contributed by atoms with Crippen LogP contribution in [0, 0.1) is 17.8 Å². The second-order valence-corrected chi connectivity index (χ2v) is 10.1. The topological polar surface area (TPSA) is 3.24 Å². The second-order valence-electron chi connectivity index (χ2n) is 10.1. The lowest BCUT2D eigenvalue weighted by Gasteiger charge is -2.53. The van der Waals surface area contributed by atoms with Gasteiger partial charge in [0, 0.05) is 12.1 Å². The number of rotatable bonds is 13. The smallest absolute Gasteiger partial charge is 0.0129 e. The zero-order valence-electron chi connectivity index (χ0n) is 19.4. The maximum atomic E-state index is 3.06. The Morgan fingerprint density at radius 3 is 2.15 bits per heavy atom. The molecule has 1 saturated carbocycles. The Morgan fingerprint density at radius 2 is 1.44 bits per heavy atom. The Hall–Kier alpha value is -0.0400. The second kappa shape index (κ2) is 13.2. The van der Waals surface area contributed by atoms with Crippen molar-refractivity contribution in [3.05, 3.63) is 0 Å². The van der Waals surface area contributed by atoms with Crippen molar-refractivity contribution in [1.29, 1.82) is 0 Å². The lowest BCUT2D eigenvalue weighted by atomic mass is 9.68. The van der Waals surface area contributed by atoms with Gasteiger partial charge in [-0.2, -0.15) is 0 Å². The van der Waals surface area contributed by atoms with E-state index < -0.39 is 0 Å². The average Bonchev–Trinajstić information content (AvgIpc) is 2.69. The van der Waals surface area contributed by atoms with E-state index in [9.17, 15) is 0 Å². The molecule has 0 bridgehead atoms. The highest BCUT2D eigenvalue weighted by Gasteiger charge is 2.43. The molecule has 0 amide bonds. The predicted octanol–water partition coefficient (Wildman–Crippen LogP) is 8.22. The van der Waals surface area contributed by atoms with E-state index in [1.54, 1.807) is 0 Å². The van der Waals surface area contributed by atoms with Crippen molar-refractivity contribution in [2.75, 3.05) is 6.54 Å². The molecule has 160 valence electrons. The van der Waals surface area contributed by atoms with Crippen LogP contribution in [0.3, 0.4) is 0 Å². The fraction of sp³-hybridized carbons (Fsp3) is 1.00. The minimum absolute atomic E-state index is 0.871. The molecule has 1 aliphatic heterocycles. The van der Waals surface area contributed by atoms with E-state index >= 15 is 0 Å². The summed E-state index contributed by atoms with van der Waals surface area (Å²) >= 11 is 0. The van der Waals surface area contributed by atoms with Crippen molar-refractivity contribution in [3.63, 3.8) is 0 Å². The third kappa shape index (κ3) is 7.37. The van der Waals surface area contributed by atoms with Crippen molar-refractivity contribution in [2.24, 2.45) is 17.8 Å². The van der Waals surface area contributed by atoms with Crippen LogP contribution in [-0.4, -0.2) is 23.5 Å². The molecule has 2 fully saturated rings. The van der Waals surface area contributed by atoms with Crippen LogP contribution in [-0.2, 0) is 0 Å². The first-order chi connectivity index (χ1) is 13.2. The van der Waals surface area contributed by atoms with Gasteiger partial charge in [0.2, 0.25) is 0 Å². The number of hydrogen-bond donors (Lipinski definition) is 0. The van der Waals surface area contributed by atoms with Crippen molar-refractivity contribution in [2.45, 2.75) is 143 Å². The third-order valence-corrected chi connectivity index (χ3v) is 7.92. The standard InChI is InChI=1S/C26H51N/c1-5-7-9-10-11-12-13-16-20-27-25-19-15-14-18-24(25)23(4)21-26(27)22(3)17-8-6-2/h22-26H,5-21H2,1-4H3. The lowest BCUT2D eigenvalue weighted by molar-refractivity contribution is -0.0376. The highest BCUT2D eigenvalue weighted by atomic mass is 15.2. The monoisotopic (exact) mass is 377 g/mol. The van der Waals surface area contributed by atoms with Gasteiger partial charge < -0.3 is 0 Å². The number of piperidine rings is 1. The maximum Gasteiger partial charge on any atom is 0.0129 e. The van der Waals surface area contributed by atoms with Crippen LogP contribution in [0.2, 0.25) is 0 Å². The largest absolute Gasteiger partial charge is 0.297 e. The molecule has 2 rings (SSSR count). The number of likely N-dealkylation sites (tertiary alicyclic amines) is 1. The van der Waals surface area contributed by atoms with Gasteiger partial charge in [0.15, 0.2) is 0 Å². The molecule has 27 heavy (non-hydrogen) atoms. The molecular weight excluding hydrogens is 326 g/mol. The highest BCUT2D eigenvalue weighted by molar-refractivity contribution is 4.96. The van der Waals surface area contributed by atoms with Gasteiger partial charge in [0.05, 0.1) is 0 Å². The summed E-state index contributed by atoms with van der Waals surface area (Å²) in [5.41, 5.74) is 0. The first-order valence-electron chi connectivity index (χ1n) is 12.9. The summed E-state index contributed by atoms with van der Waals surface area (Å²) in [6.45, 7) is 11.2.